The number of aryl methyl sites for hydroxylation is 2. The molecule has 3 aromatic heterocycles. The first-order valence-corrected chi connectivity index (χ1v) is 9.83. The number of hydrogen-bond acceptors (Lipinski definition) is 5. The third kappa shape index (κ3) is 3.21. The molecule has 2 aliphatic rings. The normalized spacial score (nSPS) is 15.6. The first-order chi connectivity index (χ1) is 13.6. The standard InChI is InChI=1S/C12H12N6O.C7H13NO/c1-17-10(7-5-15-18-4-2-3-8(7)18)16-9-11(17)13-6-14-12(9)19;1-2-7(9)8-5-3-4-6-8/h5-6H,2-4H2,1H3,(H,13,14,19);2-6H2,1H3. The van der Waals surface area contributed by atoms with Gasteiger partial charge < -0.3 is 14.5 Å². The van der Waals surface area contributed by atoms with E-state index in [4.69, 9.17) is 0 Å². The Kier molecular flexibility index (Phi) is 4.97. The molecule has 0 unspecified atom stereocenters. The number of nitrogens with one attached hydrogen (secondary N) is 1. The number of carbonyl (C=O) groups is 1. The molecule has 2 aliphatic heterocycles. The number of nitrogens with zero attached hydrogens (tertiary/aromatic N) is 6. The van der Waals surface area contributed by atoms with Crippen LogP contribution in [0.5, 0.6) is 0 Å². The van der Waals surface area contributed by atoms with Crippen molar-refractivity contribution in [3.8, 4) is 11.4 Å². The topological polar surface area (TPSA) is 102 Å². The molecular weight excluding hydrogens is 358 g/mol. The molecule has 0 atom stereocenters. The minimum atomic E-state index is -0.212. The summed E-state index contributed by atoms with van der Waals surface area (Å²) in [6, 6.07) is 0. The van der Waals surface area contributed by atoms with Gasteiger partial charge in [0.15, 0.2) is 11.2 Å². The molecule has 1 N–H and O–H groups in total. The minimum Gasteiger partial charge on any atom is -0.343 e. The van der Waals surface area contributed by atoms with E-state index in [9.17, 15) is 9.59 Å². The van der Waals surface area contributed by atoms with Crippen LogP contribution >= 0.6 is 0 Å². The molecule has 148 valence electrons. The van der Waals surface area contributed by atoms with E-state index in [0.717, 1.165) is 43.9 Å². The lowest BCUT2D eigenvalue weighted by Crippen LogP contribution is -2.26. The highest BCUT2D eigenvalue weighted by molar-refractivity contribution is 5.77. The van der Waals surface area contributed by atoms with Crippen molar-refractivity contribution >= 4 is 17.1 Å². The van der Waals surface area contributed by atoms with Gasteiger partial charge in [0.2, 0.25) is 5.91 Å². The molecule has 9 nitrogen and oxygen atoms in total. The van der Waals surface area contributed by atoms with Gasteiger partial charge >= 0.3 is 0 Å². The van der Waals surface area contributed by atoms with Gasteiger partial charge in [-0.1, -0.05) is 6.92 Å². The number of fused-ring (bicyclic) bond motifs is 2. The molecule has 0 aliphatic carbocycles. The van der Waals surface area contributed by atoms with Crippen LogP contribution in [0.2, 0.25) is 0 Å². The Hall–Kier alpha value is -2.97. The van der Waals surface area contributed by atoms with Gasteiger partial charge in [0.1, 0.15) is 5.82 Å². The maximum atomic E-state index is 11.8. The maximum absolute atomic E-state index is 11.8. The molecule has 1 amide bonds. The first kappa shape index (κ1) is 18.4. The lowest BCUT2D eigenvalue weighted by molar-refractivity contribution is -0.129. The second-order valence-electron chi connectivity index (χ2n) is 7.17. The third-order valence-electron chi connectivity index (χ3n) is 5.40. The Morgan fingerprint density at radius 2 is 2.00 bits per heavy atom. The van der Waals surface area contributed by atoms with Gasteiger partial charge in [0, 0.05) is 38.8 Å². The van der Waals surface area contributed by atoms with Crippen molar-refractivity contribution in [3.63, 3.8) is 0 Å². The fourth-order valence-electron chi connectivity index (χ4n) is 3.89. The van der Waals surface area contributed by atoms with E-state index < -0.39 is 0 Å². The van der Waals surface area contributed by atoms with Crippen molar-refractivity contribution in [1.82, 2.24) is 34.2 Å². The fraction of sp³-hybridized carbons (Fsp3) is 0.526. The van der Waals surface area contributed by atoms with Gasteiger partial charge in [-0.2, -0.15) is 5.10 Å². The molecule has 0 radical (unpaired) electrons. The number of H-pyrrole nitrogens is 1. The zero-order valence-corrected chi connectivity index (χ0v) is 16.3. The van der Waals surface area contributed by atoms with Gasteiger partial charge in [-0.3, -0.25) is 14.3 Å². The van der Waals surface area contributed by atoms with Gasteiger partial charge in [-0.15, -0.1) is 0 Å². The Balaban J connectivity index is 0.000000181. The molecule has 0 aromatic carbocycles. The highest BCUT2D eigenvalue weighted by Gasteiger charge is 2.22. The van der Waals surface area contributed by atoms with Gasteiger partial charge in [0.05, 0.1) is 18.1 Å². The predicted octanol–water partition coefficient (Wildman–Crippen LogP) is 1.49. The molecule has 9 heteroatoms. The van der Waals surface area contributed by atoms with E-state index >= 15 is 0 Å². The van der Waals surface area contributed by atoms with Crippen LogP contribution in [0, 0.1) is 0 Å². The summed E-state index contributed by atoms with van der Waals surface area (Å²) >= 11 is 0. The maximum Gasteiger partial charge on any atom is 0.278 e. The van der Waals surface area contributed by atoms with Crippen molar-refractivity contribution in [2.45, 2.75) is 45.6 Å². The molecule has 1 fully saturated rings. The molecule has 5 rings (SSSR count). The summed E-state index contributed by atoms with van der Waals surface area (Å²) in [4.78, 5) is 35.8. The van der Waals surface area contributed by atoms with Crippen LogP contribution in [0.15, 0.2) is 17.3 Å². The van der Waals surface area contributed by atoms with E-state index in [1.165, 1.54) is 24.9 Å². The lowest BCUT2D eigenvalue weighted by atomic mass is 10.2. The van der Waals surface area contributed by atoms with Gasteiger partial charge in [0.25, 0.3) is 5.56 Å². The van der Waals surface area contributed by atoms with E-state index in [1.807, 2.05) is 34.3 Å². The largest absolute Gasteiger partial charge is 0.343 e. The Labute approximate surface area is 162 Å². The van der Waals surface area contributed by atoms with Crippen molar-refractivity contribution in [3.05, 3.63) is 28.6 Å². The molecule has 3 aromatic rings. The zero-order valence-electron chi connectivity index (χ0n) is 16.3. The number of carbonyl (C=O) groups excluding carboxylic acids is 1. The molecule has 1 saturated heterocycles. The molecule has 0 bridgehead atoms. The Morgan fingerprint density at radius 1 is 1.21 bits per heavy atom. The summed E-state index contributed by atoms with van der Waals surface area (Å²) in [5, 5.41) is 4.36. The number of likely N-dealkylation sites (tertiary alicyclic amines) is 1. The summed E-state index contributed by atoms with van der Waals surface area (Å²) in [7, 11) is 1.87. The highest BCUT2D eigenvalue weighted by atomic mass is 16.2. The number of amides is 1. The Morgan fingerprint density at radius 3 is 2.71 bits per heavy atom. The second-order valence-corrected chi connectivity index (χ2v) is 7.17. The van der Waals surface area contributed by atoms with Gasteiger partial charge in [-0.25, -0.2) is 9.97 Å². The number of aromatic nitrogens is 6. The summed E-state index contributed by atoms with van der Waals surface area (Å²) < 4.78 is 3.85. The van der Waals surface area contributed by atoms with Crippen molar-refractivity contribution in [2.75, 3.05) is 13.1 Å². The summed E-state index contributed by atoms with van der Waals surface area (Å²) in [6.07, 6.45) is 8.40. The minimum absolute atomic E-state index is 0.212. The predicted molar refractivity (Wildman–Crippen MR) is 105 cm³/mol. The lowest BCUT2D eigenvalue weighted by Gasteiger charge is -2.12. The summed E-state index contributed by atoms with van der Waals surface area (Å²) in [5.41, 5.74) is 2.94. The van der Waals surface area contributed by atoms with Crippen LogP contribution in [0.25, 0.3) is 22.6 Å². The summed E-state index contributed by atoms with van der Waals surface area (Å²) in [6.45, 7) is 4.86. The van der Waals surface area contributed by atoms with Crippen molar-refractivity contribution in [1.29, 1.82) is 0 Å². The number of aromatic amines is 1. The SMILES string of the molecule is CCC(=O)N1CCCC1.Cn1c(-c2cnn3c2CCC3)nc2c(=O)[nH]cnc21. The second kappa shape index (κ2) is 7.57. The average molecular weight is 383 g/mol. The van der Waals surface area contributed by atoms with Crippen LogP contribution in [0.3, 0.4) is 0 Å². The molecule has 0 spiro atoms. The van der Waals surface area contributed by atoms with E-state index in [0.29, 0.717) is 23.5 Å². The van der Waals surface area contributed by atoms with Crippen LogP contribution < -0.4 is 5.56 Å². The van der Waals surface area contributed by atoms with Crippen LogP contribution in [-0.4, -0.2) is 53.2 Å². The Bertz CT molecular complexity index is 1060. The third-order valence-corrected chi connectivity index (χ3v) is 5.40. The van der Waals surface area contributed by atoms with E-state index in [2.05, 4.69) is 20.1 Å². The average Bonchev–Trinajstić information content (AvgIpc) is 3.47. The molecule has 0 saturated carbocycles. The van der Waals surface area contributed by atoms with Gasteiger partial charge in [-0.05, 0) is 25.7 Å². The molecular formula is C19H25N7O2. The number of imidazole rings is 1. The van der Waals surface area contributed by atoms with Crippen LogP contribution in [-0.2, 0) is 24.8 Å². The van der Waals surface area contributed by atoms with Crippen LogP contribution in [0.1, 0.15) is 38.3 Å². The zero-order chi connectivity index (χ0) is 19.7. The molecule has 28 heavy (non-hydrogen) atoms. The smallest absolute Gasteiger partial charge is 0.278 e. The number of hydrogen-bond donors (Lipinski definition) is 1. The summed E-state index contributed by atoms with van der Waals surface area (Å²) in [5.74, 6) is 1.06. The number of rotatable bonds is 2. The first-order valence-electron chi connectivity index (χ1n) is 9.83. The van der Waals surface area contributed by atoms with E-state index in [1.54, 1.807) is 0 Å². The highest BCUT2D eigenvalue weighted by Crippen LogP contribution is 2.28. The van der Waals surface area contributed by atoms with Crippen LogP contribution in [0.4, 0.5) is 0 Å². The van der Waals surface area contributed by atoms with Crippen molar-refractivity contribution < 1.29 is 4.79 Å². The monoisotopic (exact) mass is 383 g/mol. The van der Waals surface area contributed by atoms with E-state index in [-0.39, 0.29) is 5.56 Å². The van der Waals surface area contributed by atoms with Crippen molar-refractivity contribution in [2.24, 2.45) is 7.05 Å². The quantitative estimate of drug-likeness (QED) is 0.722. The fourth-order valence-corrected chi connectivity index (χ4v) is 3.89. The molecule has 5 heterocycles.